The highest BCUT2D eigenvalue weighted by Gasteiger charge is 2.30. The number of hydrogen-bond acceptors (Lipinski definition) is 1. The van der Waals surface area contributed by atoms with Gasteiger partial charge in [-0.05, 0) is 62.2 Å². The van der Waals surface area contributed by atoms with E-state index in [1.54, 1.807) is 12.1 Å². The van der Waals surface area contributed by atoms with Gasteiger partial charge >= 0.3 is 0 Å². The molecule has 2 rings (SSSR count). The summed E-state index contributed by atoms with van der Waals surface area (Å²) in [5, 5.41) is 3.24. The van der Waals surface area contributed by atoms with Crippen molar-refractivity contribution in [3.63, 3.8) is 0 Å². The van der Waals surface area contributed by atoms with E-state index in [9.17, 15) is 8.78 Å². The van der Waals surface area contributed by atoms with Gasteiger partial charge in [0.1, 0.15) is 0 Å². The van der Waals surface area contributed by atoms with E-state index in [0.29, 0.717) is 23.8 Å². The van der Waals surface area contributed by atoms with E-state index >= 15 is 0 Å². The number of nitrogens with one attached hydrogen (secondary N) is 1. The van der Waals surface area contributed by atoms with Crippen LogP contribution in [0.5, 0.6) is 0 Å². The van der Waals surface area contributed by atoms with Crippen LogP contribution in [0.3, 0.4) is 0 Å². The van der Waals surface area contributed by atoms with Gasteiger partial charge in [-0.1, -0.05) is 31.9 Å². The second-order valence-corrected chi connectivity index (χ2v) is 6.08. The summed E-state index contributed by atoms with van der Waals surface area (Å²) in [6, 6.07) is 4.53. The van der Waals surface area contributed by atoms with E-state index in [0.717, 1.165) is 18.9 Å². The Bertz CT molecular complexity index is 433. The van der Waals surface area contributed by atoms with Crippen LogP contribution < -0.4 is 5.32 Å². The molecule has 3 atom stereocenters. The molecule has 1 nitrogen and oxygen atoms in total. The first-order chi connectivity index (χ1) is 9.65. The molecule has 1 aliphatic carbocycles. The second-order valence-electron chi connectivity index (χ2n) is 6.08. The monoisotopic (exact) mass is 281 g/mol. The molecule has 1 fully saturated rings. The molecule has 1 aromatic carbocycles. The fourth-order valence-electron chi connectivity index (χ4n) is 3.56. The third-order valence-corrected chi connectivity index (χ3v) is 4.81. The van der Waals surface area contributed by atoms with Gasteiger partial charge in [-0.2, -0.15) is 0 Å². The minimum absolute atomic E-state index is 0.456. The Morgan fingerprint density at radius 1 is 1.20 bits per heavy atom. The molecule has 0 aromatic heterocycles. The van der Waals surface area contributed by atoms with Gasteiger partial charge < -0.3 is 5.32 Å². The molecule has 0 aliphatic heterocycles. The number of benzene rings is 1. The summed E-state index contributed by atoms with van der Waals surface area (Å²) in [4.78, 5) is 0. The summed E-state index contributed by atoms with van der Waals surface area (Å²) in [6.45, 7) is 3.20. The fraction of sp³-hybridized carbons (Fsp3) is 0.647. The number of rotatable bonds is 5. The summed E-state index contributed by atoms with van der Waals surface area (Å²) in [7, 11) is 1.96. The zero-order valence-corrected chi connectivity index (χ0v) is 12.5. The summed E-state index contributed by atoms with van der Waals surface area (Å²) in [6.07, 6.45) is 5.45. The summed E-state index contributed by atoms with van der Waals surface area (Å²) >= 11 is 0. The van der Waals surface area contributed by atoms with Crippen LogP contribution in [-0.2, 0) is 6.42 Å². The van der Waals surface area contributed by atoms with Crippen LogP contribution in [0.1, 0.15) is 38.2 Å². The van der Waals surface area contributed by atoms with Crippen molar-refractivity contribution in [3.8, 4) is 0 Å². The maximum Gasteiger partial charge on any atom is 0.162 e. The van der Waals surface area contributed by atoms with E-state index in [2.05, 4.69) is 12.2 Å². The second kappa shape index (κ2) is 7.16. The lowest BCUT2D eigenvalue weighted by Gasteiger charge is -2.36. The molecule has 0 radical (unpaired) electrons. The van der Waals surface area contributed by atoms with Crippen LogP contribution in [-0.4, -0.2) is 13.6 Å². The Labute approximate surface area is 120 Å². The van der Waals surface area contributed by atoms with Crippen molar-refractivity contribution in [3.05, 3.63) is 35.4 Å². The van der Waals surface area contributed by atoms with Crippen LogP contribution in [0.2, 0.25) is 0 Å². The maximum absolute atomic E-state index is 13.9. The zero-order chi connectivity index (χ0) is 14.5. The molecule has 1 aliphatic rings. The maximum atomic E-state index is 13.9. The minimum atomic E-state index is -0.726. The molecule has 0 spiro atoms. The number of hydrogen-bond donors (Lipinski definition) is 1. The van der Waals surface area contributed by atoms with Crippen molar-refractivity contribution >= 4 is 0 Å². The molecule has 0 saturated heterocycles. The average molecular weight is 281 g/mol. The Morgan fingerprint density at radius 2 is 2.00 bits per heavy atom. The van der Waals surface area contributed by atoms with Gasteiger partial charge in [-0.3, -0.25) is 0 Å². The Hall–Kier alpha value is -0.960. The number of halogens is 2. The lowest BCUT2D eigenvalue weighted by atomic mass is 9.71. The van der Waals surface area contributed by atoms with Crippen LogP contribution in [0.25, 0.3) is 0 Å². The molecule has 3 unspecified atom stereocenters. The van der Waals surface area contributed by atoms with Crippen molar-refractivity contribution in [2.75, 3.05) is 13.6 Å². The molecule has 1 aromatic rings. The van der Waals surface area contributed by atoms with E-state index in [-0.39, 0.29) is 0 Å². The highest BCUT2D eigenvalue weighted by atomic mass is 19.2. The molecule has 20 heavy (non-hydrogen) atoms. The van der Waals surface area contributed by atoms with Crippen LogP contribution in [0.15, 0.2) is 18.2 Å². The van der Waals surface area contributed by atoms with Crippen LogP contribution in [0.4, 0.5) is 8.78 Å². The van der Waals surface area contributed by atoms with Crippen molar-refractivity contribution in [2.24, 2.45) is 17.8 Å². The van der Waals surface area contributed by atoms with Gasteiger partial charge in [0.2, 0.25) is 0 Å². The molecule has 3 heteroatoms. The summed E-state index contributed by atoms with van der Waals surface area (Å²) in [5.74, 6) is 0.387. The molecule has 0 bridgehead atoms. The third-order valence-electron chi connectivity index (χ3n) is 4.81. The van der Waals surface area contributed by atoms with E-state index in [1.165, 1.54) is 25.3 Å². The van der Waals surface area contributed by atoms with Gasteiger partial charge in [0, 0.05) is 0 Å². The lowest BCUT2D eigenvalue weighted by Crippen LogP contribution is -2.33. The summed E-state index contributed by atoms with van der Waals surface area (Å²) in [5.41, 5.74) is 0.535. The molecule has 0 heterocycles. The van der Waals surface area contributed by atoms with Crippen LogP contribution >= 0.6 is 0 Å². The zero-order valence-electron chi connectivity index (χ0n) is 12.5. The largest absolute Gasteiger partial charge is 0.319 e. The minimum Gasteiger partial charge on any atom is -0.319 e. The first-order valence-corrected chi connectivity index (χ1v) is 7.73. The lowest BCUT2D eigenvalue weighted by molar-refractivity contribution is 0.172. The molecule has 0 amide bonds. The normalized spacial score (nSPS) is 26.7. The third kappa shape index (κ3) is 3.57. The quantitative estimate of drug-likeness (QED) is 0.854. The predicted octanol–water partition coefficient (Wildman–Crippen LogP) is 4.17. The van der Waals surface area contributed by atoms with Crippen molar-refractivity contribution in [2.45, 2.75) is 39.0 Å². The van der Waals surface area contributed by atoms with E-state index in [1.807, 2.05) is 7.05 Å². The SMILES string of the molecule is CCC1CCC(CNC)C(Cc2cccc(F)c2F)C1. The van der Waals surface area contributed by atoms with Gasteiger partial charge in [-0.15, -0.1) is 0 Å². The van der Waals surface area contributed by atoms with Gasteiger partial charge in [0.15, 0.2) is 11.6 Å². The predicted molar refractivity (Wildman–Crippen MR) is 78.6 cm³/mol. The highest BCUT2D eigenvalue weighted by Crippen LogP contribution is 2.37. The molecule has 112 valence electrons. The Balaban J connectivity index is 2.12. The van der Waals surface area contributed by atoms with Gasteiger partial charge in [0.05, 0.1) is 0 Å². The Kier molecular flexibility index (Phi) is 5.53. The first-order valence-electron chi connectivity index (χ1n) is 7.73. The topological polar surface area (TPSA) is 12.0 Å². The van der Waals surface area contributed by atoms with Crippen molar-refractivity contribution < 1.29 is 8.78 Å². The summed E-state index contributed by atoms with van der Waals surface area (Å²) < 4.78 is 27.2. The van der Waals surface area contributed by atoms with E-state index in [4.69, 9.17) is 0 Å². The molecular formula is C17H25F2N. The van der Waals surface area contributed by atoms with Gasteiger partial charge in [-0.25, -0.2) is 8.78 Å². The average Bonchev–Trinajstić information content (AvgIpc) is 2.46. The van der Waals surface area contributed by atoms with Crippen molar-refractivity contribution in [1.82, 2.24) is 5.32 Å². The fourth-order valence-corrected chi connectivity index (χ4v) is 3.56. The Morgan fingerprint density at radius 3 is 2.70 bits per heavy atom. The van der Waals surface area contributed by atoms with Crippen molar-refractivity contribution in [1.29, 1.82) is 0 Å². The standard InChI is InChI=1S/C17H25F2N/c1-3-12-7-8-14(11-20-2)15(9-12)10-13-5-4-6-16(18)17(13)19/h4-6,12,14-15,20H,3,7-11H2,1-2H3. The van der Waals surface area contributed by atoms with E-state index < -0.39 is 11.6 Å². The first kappa shape index (κ1) is 15.4. The molecule has 1 saturated carbocycles. The van der Waals surface area contributed by atoms with Crippen LogP contribution in [0, 0.1) is 29.4 Å². The molecular weight excluding hydrogens is 256 g/mol. The molecule has 1 N–H and O–H groups in total. The smallest absolute Gasteiger partial charge is 0.162 e. The van der Waals surface area contributed by atoms with Gasteiger partial charge in [0.25, 0.3) is 0 Å². The highest BCUT2D eigenvalue weighted by molar-refractivity contribution is 5.19.